The van der Waals surface area contributed by atoms with Crippen molar-refractivity contribution in [1.29, 1.82) is 0 Å². The van der Waals surface area contributed by atoms with Gasteiger partial charge in [0, 0.05) is 7.11 Å². The molecule has 14 heavy (non-hydrogen) atoms. The highest BCUT2D eigenvalue weighted by Crippen LogP contribution is 2.11. The van der Waals surface area contributed by atoms with Crippen molar-refractivity contribution in [2.45, 2.75) is 30.7 Å². The Kier molecular flexibility index (Phi) is 7.52. The summed E-state index contributed by atoms with van der Waals surface area (Å²) in [5, 5.41) is 26.4. The topological polar surface area (TPSA) is 79.2 Å². The lowest BCUT2D eigenvalue weighted by Crippen LogP contribution is -2.39. The van der Waals surface area contributed by atoms with E-state index < -0.39 is 23.7 Å². The van der Waals surface area contributed by atoms with E-state index in [1.807, 2.05) is 0 Å². The van der Waals surface area contributed by atoms with E-state index in [0.29, 0.717) is 0 Å². The summed E-state index contributed by atoms with van der Waals surface area (Å²) in [4.78, 5) is 0. The molecular weight excluding hydrogens is 208 g/mol. The first-order valence-corrected chi connectivity index (χ1v) is 4.84. The summed E-state index contributed by atoms with van der Waals surface area (Å²) >= 11 is 4.01. The highest BCUT2D eigenvalue weighted by molar-refractivity contribution is 7.81. The molecule has 0 aromatic carbocycles. The van der Waals surface area contributed by atoms with Gasteiger partial charge in [-0.2, -0.15) is 12.6 Å². The van der Waals surface area contributed by atoms with Gasteiger partial charge in [0.25, 0.3) is 0 Å². The van der Waals surface area contributed by atoms with E-state index in [1.54, 1.807) is 0 Å². The third-order valence-corrected chi connectivity index (χ3v) is 2.23. The highest BCUT2D eigenvalue weighted by atomic mass is 32.1. The van der Waals surface area contributed by atoms with Gasteiger partial charge in [-0.15, -0.1) is 0 Å². The molecule has 0 aliphatic carbocycles. The highest BCUT2D eigenvalue weighted by Gasteiger charge is 2.24. The molecule has 5 nitrogen and oxygen atoms in total. The zero-order valence-corrected chi connectivity index (χ0v) is 9.22. The molecular formula is C8H18O5S. The van der Waals surface area contributed by atoms with Crippen LogP contribution in [0.15, 0.2) is 0 Å². The molecule has 6 heteroatoms. The number of aliphatic hydroxyl groups excluding tert-OH is 3. The van der Waals surface area contributed by atoms with Crippen LogP contribution in [0.25, 0.3) is 0 Å². The Balaban J connectivity index is 4.13. The molecule has 0 aromatic heterocycles. The van der Waals surface area contributed by atoms with E-state index in [9.17, 15) is 5.11 Å². The van der Waals surface area contributed by atoms with E-state index in [4.69, 9.17) is 19.7 Å². The number of aliphatic hydroxyl groups is 3. The molecule has 1 unspecified atom stereocenters. The van der Waals surface area contributed by atoms with Gasteiger partial charge in [0.05, 0.1) is 24.6 Å². The monoisotopic (exact) mass is 226 g/mol. The van der Waals surface area contributed by atoms with Crippen molar-refractivity contribution in [2.75, 3.05) is 20.3 Å². The Hall–Kier alpha value is 0.150. The van der Waals surface area contributed by atoms with Crippen LogP contribution in [0.5, 0.6) is 0 Å². The lowest BCUT2D eigenvalue weighted by molar-refractivity contribution is -0.206. The number of hydrogen-bond acceptors (Lipinski definition) is 6. The van der Waals surface area contributed by atoms with Crippen molar-refractivity contribution in [3.05, 3.63) is 0 Å². The second-order valence-corrected chi connectivity index (χ2v) is 3.62. The molecule has 0 radical (unpaired) electrons. The average Bonchev–Trinajstić information content (AvgIpc) is 2.18. The molecule has 0 heterocycles. The fraction of sp³-hybridized carbons (Fsp3) is 1.00. The predicted molar refractivity (Wildman–Crippen MR) is 54.3 cm³/mol. The molecule has 0 spiro atoms. The first kappa shape index (κ1) is 14.2. The Bertz CT molecular complexity index is 144. The molecule has 0 aromatic rings. The smallest absolute Gasteiger partial charge is 0.183 e. The molecule has 0 fully saturated rings. The van der Waals surface area contributed by atoms with Crippen molar-refractivity contribution in [3.8, 4) is 0 Å². The van der Waals surface area contributed by atoms with Gasteiger partial charge >= 0.3 is 0 Å². The van der Waals surface area contributed by atoms with E-state index in [0.717, 1.165) is 0 Å². The molecule has 0 rings (SSSR count). The van der Waals surface area contributed by atoms with Gasteiger partial charge in [0.1, 0.15) is 6.10 Å². The van der Waals surface area contributed by atoms with E-state index in [2.05, 4.69) is 12.6 Å². The Morgan fingerprint density at radius 1 is 1.29 bits per heavy atom. The maximum absolute atomic E-state index is 9.19. The summed E-state index contributed by atoms with van der Waals surface area (Å²) in [6, 6.07) is 0. The van der Waals surface area contributed by atoms with Gasteiger partial charge < -0.3 is 24.8 Å². The summed E-state index contributed by atoms with van der Waals surface area (Å²) in [6.45, 7) is 1.00. The molecule has 3 N–H and O–H groups in total. The van der Waals surface area contributed by atoms with Crippen LogP contribution in [-0.2, 0) is 9.47 Å². The Labute approximate surface area is 89.1 Å². The summed E-state index contributed by atoms with van der Waals surface area (Å²) in [5.74, 6) is 0. The summed E-state index contributed by atoms with van der Waals surface area (Å²) in [6.07, 6.45) is -2.30. The second-order valence-electron chi connectivity index (χ2n) is 2.95. The van der Waals surface area contributed by atoms with E-state index >= 15 is 0 Å². The number of rotatable bonds is 7. The first-order chi connectivity index (χ1) is 6.56. The van der Waals surface area contributed by atoms with Gasteiger partial charge in [-0.3, -0.25) is 0 Å². The minimum atomic E-state index is -0.826. The first-order valence-electron chi connectivity index (χ1n) is 4.32. The van der Waals surface area contributed by atoms with Crippen molar-refractivity contribution >= 4 is 12.6 Å². The number of thiol groups is 1. The van der Waals surface area contributed by atoms with Gasteiger partial charge in [-0.25, -0.2) is 0 Å². The number of ether oxygens (including phenoxy) is 2. The lowest BCUT2D eigenvalue weighted by Gasteiger charge is -2.26. The van der Waals surface area contributed by atoms with Crippen LogP contribution in [0.3, 0.4) is 0 Å². The molecule has 0 amide bonds. The third-order valence-electron chi connectivity index (χ3n) is 1.73. The van der Waals surface area contributed by atoms with Crippen LogP contribution >= 0.6 is 12.6 Å². The summed E-state index contributed by atoms with van der Waals surface area (Å²) in [7, 11) is 1.39. The van der Waals surface area contributed by atoms with Crippen molar-refractivity contribution < 1.29 is 24.8 Å². The number of hydrogen-bond donors (Lipinski definition) is 4. The largest absolute Gasteiger partial charge is 0.395 e. The van der Waals surface area contributed by atoms with Crippen LogP contribution in [-0.4, -0.2) is 59.4 Å². The fourth-order valence-electron chi connectivity index (χ4n) is 0.911. The molecule has 0 saturated heterocycles. The Morgan fingerprint density at radius 3 is 2.14 bits per heavy atom. The maximum atomic E-state index is 9.19. The maximum Gasteiger partial charge on any atom is 0.183 e. The predicted octanol–water partition coefficient (Wildman–Crippen LogP) is -0.992. The lowest BCUT2D eigenvalue weighted by atomic mass is 10.2. The molecule has 0 saturated carbocycles. The van der Waals surface area contributed by atoms with Gasteiger partial charge in [-0.1, -0.05) is 0 Å². The standard InChI is InChI=1S/C8H18O5S/c1-5(11)8(12-2)13-6(3-9)7(14)4-10/h5-11,14H,3-4H2,1-2H3/t5-,6?,7+,8-/m0/s1. The summed E-state index contributed by atoms with van der Waals surface area (Å²) < 4.78 is 10.0. The molecule has 86 valence electrons. The quantitative estimate of drug-likeness (QED) is 0.331. The summed E-state index contributed by atoms with van der Waals surface area (Å²) in [5.41, 5.74) is 0. The zero-order valence-electron chi connectivity index (χ0n) is 8.33. The van der Waals surface area contributed by atoms with Gasteiger partial charge in [0.15, 0.2) is 6.29 Å². The van der Waals surface area contributed by atoms with Crippen LogP contribution in [0.2, 0.25) is 0 Å². The third kappa shape index (κ3) is 4.59. The Morgan fingerprint density at radius 2 is 1.86 bits per heavy atom. The minimum absolute atomic E-state index is 0.218. The van der Waals surface area contributed by atoms with Gasteiger partial charge in [-0.05, 0) is 6.92 Å². The van der Waals surface area contributed by atoms with Crippen LogP contribution in [0.1, 0.15) is 6.92 Å². The van der Waals surface area contributed by atoms with Gasteiger partial charge in [0.2, 0.25) is 0 Å². The zero-order chi connectivity index (χ0) is 11.1. The van der Waals surface area contributed by atoms with Crippen LogP contribution < -0.4 is 0 Å². The van der Waals surface area contributed by atoms with Crippen molar-refractivity contribution in [3.63, 3.8) is 0 Å². The molecule has 0 aliphatic rings. The van der Waals surface area contributed by atoms with Crippen LogP contribution in [0.4, 0.5) is 0 Å². The van der Waals surface area contributed by atoms with E-state index in [-0.39, 0.29) is 13.2 Å². The average molecular weight is 226 g/mol. The SMILES string of the molecule is CO[C@@H](OC(CO)[C@H](S)CO)[C@H](C)O. The second kappa shape index (κ2) is 7.44. The fourth-order valence-corrected chi connectivity index (χ4v) is 1.08. The van der Waals surface area contributed by atoms with Crippen LogP contribution in [0, 0.1) is 0 Å². The molecule has 4 atom stereocenters. The van der Waals surface area contributed by atoms with Crippen molar-refractivity contribution in [2.24, 2.45) is 0 Å². The normalized spacial score (nSPS) is 20.1. The molecule has 0 bridgehead atoms. The van der Waals surface area contributed by atoms with Crippen molar-refractivity contribution in [1.82, 2.24) is 0 Å². The number of methoxy groups -OCH3 is 1. The van der Waals surface area contributed by atoms with E-state index in [1.165, 1.54) is 14.0 Å². The minimum Gasteiger partial charge on any atom is -0.395 e. The molecule has 0 aliphatic heterocycles.